The fraction of sp³-hybridized carbons (Fsp3) is 0.429. The summed E-state index contributed by atoms with van der Waals surface area (Å²) in [4.78, 5) is 13.4. The van der Waals surface area contributed by atoms with Crippen LogP contribution in [0.5, 0.6) is 0 Å². The Kier molecular flexibility index (Phi) is 6.34. The van der Waals surface area contributed by atoms with Gasteiger partial charge in [-0.1, -0.05) is 18.2 Å². The van der Waals surface area contributed by atoms with E-state index in [0.29, 0.717) is 32.5 Å². The molecule has 0 aliphatic carbocycles. The number of rotatable bonds is 7. The van der Waals surface area contributed by atoms with Crippen molar-refractivity contribution in [1.29, 1.82) is 5.26 Å². The largest absolute Gasteiger partial charge is 0.466 e. The summed E-state index contributed by atoms with van der Waals surface area (Å²) in [5, 5.41) is 8.66. The molecule has 0 spiro atoms. The minimum Gasteiger partial charge on any atom is -0.466 e. The molecule has 0 aliphatic heterocycles. The summed E-state index contributed by atoms with van der Waals surface area (Å²) < 4.78 is 4.90. The maximum absolute atomic E-state index is 11.3. The van der Waals surface area contributed by atoms with E-state index in [0.717, 1.165) is 5.69 Å². The van der Waals surface area contributed by atoms with E-state index in [1.807, 2.05) is 35.2 Å². The molecular formula is C14H18N2O2. The first-order chi connectivity index (χ1) is 8.77. The van der Waals surface area contributed by atoms with Gasteiger partial charge in [0.1, 0.15) is 0 Å². The Hall–Kier alpha value is -2.02. The van der Waals surface area contributed by atoms with Gasteiger partial charge in [0.05, 0.1) is 25.5 Å². The molecule has 0 N–H and O–H groups in total. The minimum atomic E-state index is -0.199. The monoisotopic (exact) mass is 246 g/mol. The summed E-state index contributed by atoms with van der Waals surface area (Å²) in [6.07, 6.45) is 0.784. The lowest BCUT2D eigenvalue weighted by molar-refractivity contribution is -0.142. The van der Waals surface area contributed by atoms with Crippen molar-refractivity contribution in [2.75, 3.05) is 24.6 Å². The molecule has 1 rings (SSSR count). The standard InChI is InChI=1S/C14H18N2O2/c1-2-18-14(17)9-12-16(11-6-10-15)13-7-4-3-5-8-13/h3-5,7-8H,2,6,9,11-12H2,1H3. The van der Waals surface area contributed by atoms with Crippen LogP contribution in [0.1, 0.15) is 19.8 Å². The average Bonchev–Trinajstić information content (AvgIpc) is 2.40. The van der Waals surface area contributed by atoms with Crippen LogP contribution in [0, 0.1) is 11.3 Å². The van der Waals surface area contributed by atoms with E-state index in [-0.39, 0.29) is 5.97 Å². The molecule has 0 radical (unpaired) electrons. The van der Waals surface area contributed by atoms with Gasteiger partial charge in [0, 0.05) is 18.8 Å². The molecule has 0 fully saturated rings. The van der Waals surface area contributed by atoms with Crippen LogP contribution in [0.4, 0.5) is 5.69 Å². The summed E-state index contributed by atoms with van der Waals surface area (Å²) in [6.45, 7) is 3.40. The molecular weight excluding hydrogens is 228 g/mol. The highest BCUT2D eigenvalue weighted by Crippen LogP contribution is 2.14. The molecule has 0 aromatic heterocycles. The third-order valence-corrected chi connectivity index (χ3v) is 2.51. The molecule has 0 saturated carbocycles. The van der Waals surface area contributed by atoms with Crippen molar-refractivity contribution >= 4 is 11.7 Å². The van der Waals surface area contributed by atoms with Crippen molar-refractivity contribution in [3.8, 4) is 6.07 Å². The fourth-order valence-corrected chi connectivity index (χ4v) is 1.65. The van der Waals surface area contributed by atoms with Gasteiger partial charge >= 0.3 is 5.97 Å². The molecule has 0 amide bonds. The Bertz CT molecular complexity index is 398. The molecule has 4 nitrogen and oxygen atoms in total. The zero-order valence-electron chi connectivity index (χ0n) is 10.6. The van der Waals surface area contributed by atoms with Crippen LogP contribution in [0.2, 0.25) is 0 Å². The molecule has 0 bridgehead atoms. The van der Waals surface area contributed by atoms with Gasteiger partial charge in [-0.25, -0.2) is 0 Å². The van der Waals surface area contributed by atoms with Gasteiger partial charge in [0.15, 0.2) is 0 Å². The van der Waals surface area contributed by atoms with E-state index in [2.05, 4.69) is 6.07 Å². The van der Waals surface area contributed by atoms with E-state index >= 15 is 0 Å². The lowest BCUT2D eigenvalue weighted by atomic mass is 10.2. The first kappa shape index (κ1) is 14.0. The zero-order valence-corrected chi connectivity index (χ0v) is 10.6. The predicted molar refractivity (Wildman–Crippen MR) is 70.1 cm³/mol. The van der Waals surface area contributed by atoms with E-state index in [9.17, 15) is 4.79 Å². The van der Waals surface area contributed by atoms with Gasteiger partial charge in [-0.15, -0.1) is 0 Å². The number of carbonyl (C=O) groups is 1. The van der Waals surface area contributed by atoms with Gasteiger partial charge in [-0.2, -0.15) is 5.26 Å². The maximum Gasteiger partial charge on any atom is 0.307 e. The second-order valence-electron chi connectivity index (χ2n) is 3.79. The van der Waals surface area contributed by atoms with E-state index in [1.54, 1.807) is 6.92 Å². The Labute approximate surface area is 108 Å². The maximum atomic E-state index is 11.3. The topological polar surface area (TPSA) is 53.3 Å². The Morgan fingerprint density at radius 1 is 1.33 bits per heavy atom. The second kappa shape index (κ2) is 8.13. The SMILES string of the molecule is CCOC(=O)CCN(CCC#N)c1ccccc1. The summed E-state index contributed by atoms with van der Waals surface area (Å²) >= 11 is 0. The average molecular weight is 246 g/mol. The van der Waals surface area contributed by atoms with Gasteiger partial charge in [0.2, 0.25) is 0 Å². The first-order valence-electron chi connectivity index (χ1n) is 6.10. The van der Waals surface area contributed by atoms with Crippen molar-refractivity contribution < 1.29 is 9.53 Å². The number of anilines is 1. The third-order valence-electron chi connectivity index (χ3n) is 2.51. The van der Waals surface area contributed by atoms with Gasteiger partial charge in [0.25, 0.3) is 0 Å². The third kappa shape index (κ3) is 4.88. The van der Waals surface area contributed by atoms with E-state index < -0.39 is 0 Å². The van der Waals surface area contributed by atoms with Crippen molar-refractivity contribution in [3.63, 3.8) is 0 Å². The number of nitriles is 1. The van der Waals surface area contributed by atoms with Crippen LogP contribution in [0.15, 0.2) is 30.3 Å². The number of hydrogen-bond donors (Lipinski definition) is 0. The Morgan fingerprint density at radius 2 is 2.06 bits per heavy atom. The minimum absolute atomic E-state index is 0.199. The first-order valence-corrected chi connectivity index (χ1v) is 6.10. The van der Waals surface area contributed by atoms with Crippen LogP contribution in [0.3, 0.4) is 0 Å². The summed E-state index contributed by atoms with van der Waals surface area (Å²) in [5.74, 6) is -0.199. The lowest BCUT2D eigenvalue weighted by Gasteiger charge is -2.23. The van der Waals surface area contributed by atoms with Crippen molar-refractivity contribution in [2.24, 2.45) is 0 Å². The molecule has 4 heteroatoms. The molecule has 96 valence electrons. The number of benzene rings is 1. The number of nitrogens with zero attached hydrogens (tertiary/aromatic N) is 2. The normalized spacial score (nSPS) is 9.56. The Balaban J connectivity index is 2.57. The summed E-state index contributed by atoms with van der Waals surface area (Å²) in [5.41, 5.74) is 1.03. The van der Waals surface area contributed by atoms with E-state index in [1.165, 1.54) is 0 Å². The van der Waals surface area contributed by atoms with Crippen LogP contribution in [-0.2, 0) is 9.53 Å². The number of esters is 1. The summed E-state index contributed by atoms with van der Waals surface area (Å²) in [7, 11) is 0. The summed E-state index contributed by atoms with van der Waals surface area (Å²) in [6, 6.07) is 11.9. The highest BCUT2D eigenvalue weighted by Gasteiger charge is 2.09. The molecule has 1 aromatic rings. The molecule has 1 aromatic carbocycles. The van der Waals surface area contributed by atoms with Crippen molar-refractivity contribution in [1.82, 2.24) is 0 Å². The van der Waals surface area contributed by atoms with Crippen LogP contribution >= 0.6 is 0 Å². The number of carbonyl (C=O) groups excluding carboxylic acids is 1. The number of para-hydroxylation sites is 1. The molecule has 0 aliphatic rings. The quantitative estimate of drug-likeness (QED) is 0.693. The van der Waals surface area contributed by atoms with Crippen LogP contribution in [-0.4, -0.2) is 25.7 Å². The molecule has 0 saturated heterocycles. The van der Waals surface area contributed by atoms with Gasteiger partial charge in [-0.3, -0.25) is 4.79 Å². The fourth-order valence-electron chi connectivity index (χ4n) is 1.65. The van der Waals surface area contributed by atoms with Crippen LogP contribution < -0.4 is 4.90 Å². The predicted octanol–water partition coefficient (Wildman–Crippen LogP) is 2.36. The number of ether oxygens (including phenoxy) is 1. The van der Waals surface area contributed by atoms with Crippen LogP contribution in [0.25, 0.3) is 0 Å². The Morgan fingerprint density at radius 3 is 2.67 bits per heavy atom. The highest BCUT2D eigenvalue weighted by atomic mass is 16.5. The molecule has 0 heterocycles. The zero-order chi connectivity index (χ0) is 13.2. The molecule has 18 heavy (non-hydrogen) atoms. The lowest BCUT2D eigenvalue weighted by Crippen LogP contribution is -2.27. The highest BCUT2D eigenvalue weighted by molar-refractivity contribution is 5.70. The second-order valence-corrected chi connectivity index (χ2v) is 3.79. The van der Waals surface area contributed by atoms with Crippen molar-refractivity contribution in [3.05, 3.63) is 30.3 Å². The van der Waals surface area contributed by atoms with Gasteiger partial charge in [-0.05, 0) is 19.1 Å². The van der Waals surface area contributed by atoms with Crippen molar-refractivity contribution in [2.45, 2.75) is 19.8 Å². The molecule has 0 atom stereocenters. The smallest absolute Gasteiger partial charge is 0.307 e. The number of hydrogen-bond acceptors (Lipinski definition) is 4. The van der Waals surface area contributed by atoms with E-state index in [4.69, 9.17) is 10.00 Å². The molecule has 0 unspecified atom stereocenters. The van der Waals surface area contributed by atoms with Gasteiger partial charge < -0.3 is 9.64 Å².